The molecular formula is C11H13N3O. The van der Waals surface area contributed by atoms with Gasteiger partial charge in [-0.2, -0.15) is 15.4 Å². The lowest BCUT2D eigenvalue weighted by Gasteiger charge is -2.06. The van der Waals surface area contributed by atoms with Gasteiger partial charge in [0.15, 0.2) is 0 Å². The number of hydrogen-bond donors (Lipinski definition) is 1. The van der Waals surface area contributed by atoms with Crippen LogP contribution in [0.15, 0.2) is 30.5 Å². The minimum Gasteiger partial charge on any atom is -0.496 e. The molecule has 0 bridgehead atoms. The molecule has 2 aromatic rings. The smallest absolute Gasteiger partial charge is 0.122 e. The van der Waals surface area contributed by atoms with Crippen molar-refractivity contribution in [2.24, 2.45) is 0 Å². The van der Waals surface area contributed by atoms with Gasteiger partial charge in [-0.3, -0.25) is 0 Å². The van der Waals surface area contributed by atoms with Gasteiger partial charge in [0.2, 0.25) is 0 Å². The lowest BCUT2D eigenvalue weighted by atomic mass is 10.1. The second-order valence-electron chi connectivity index (χ2n) is 3.27. The number of para-hydroxylation sites is 1. The molecule has 1 N–H and O–H groups in total. The number of hydrogen-bond acceptors (Lipinski definition) is 3. The van der Waals surface area contributed by atoms with Crippen LogP contribution >= 0.6 is 0 Å². The quantitative estimate of drug-likeness (QED) is 0.821. The Morgan fingerprint density at radius 1 is 1.27 bits per heavy atom. The van der Waals surface area contributed by atoms with Crippen LogP contribution in [0.25, 0.3) is 0 Å². The van der Waals surface area contributed by atoms with E-state index in [-0.39, 0.29) is 0 Å². The number of aromatic amines is 1. The number of aromatic nitrogens is 3. The molecule has 0 radical (unpaired) electrons. The number of rotatable bonds is 4. The highest BCUT2D eigenvalue weighted by atomic mass is 16.5. The van der Waals surface area contributed by atoms with E-state index in [1.165, 1.54) is 5.56 Å². The Hall–Kier alpha value is -1.84. The molecule has 0 aliphatic heterocycles. The first-order valence-corrected chi connectivity index (χ1v) is 4.86. The molecule has 1 aromatic heterocycles. The van der Waals surface area contributed by atoms with Crippen LogP contribution in [0.5, 0.6) is 5.75 Å². The Labute approximate surface area is 88.3 Å². The fraction of sp³-hybridized carbons (Fsp3) is 0.273. The molecule has 1 heterocycles. The van der Waals surface area contributed by atoms with Crippen LogP contribution in [0, 0.1) is 0 Å². The van der Waals surface area contributed by atoms with Crippen molar-refractivity contribution >= 4 is 0 Å². The van der Waals surface area contributed by atoms with Gasteiger partial charge in [0.25, 0.3) is 0 Å². The first-order chi connectivity index (χ1) is 7.40. The van der Waals surface area contributed by atoms with Crippen molar-refractivity contribution < 1.29 is 4.74 Å². The number of H-pyrrole nitrogens is 1. The Balaban J connectivity index is 2.04. The number of ether oxygens (including phenoxy) is 1. The monoisotopic (exact) mass is 203 g/mol. The molecule has 0 atom stereocenters. The maximum atomic E-state index is 5.27. The summed E-state index contributed by atoms with van der Waals surface area (Å²) in [4.78, 5) is 0. The molecule has 78 valence electrons. The van der Waals surface area contributed by atoms with Gasteiger partial charge >= 0.3 is 0 Å². The van der Waals surface area contributed by atoms with Crippen molar-refractivity contribution in [2.75, 3.05) is 7.11 Å². The van der Waals surface area contributed by atoms with Crippen molar-refractivity contribution in [3.05, 3.63) is 41.7 Å². The number of aryl methyl sites for hydroxylation is 2. The summed E-state index contributed by atoms with van der Waals surface area (Å²) in [6.07, 6.45) is 3.53. The van der Waals surface area contributed by atoms with Gasteiger partial charge < -0.3 is 4.74 Å². The molecule has 0 aliphatic carbocycles. The highest BCUT2D eigenvalue weighted by molar-refractivity contribution is 5.33. The van der Waals surface area contributed by atoms with E-state index in [9.17, 15) is 0 Å². The van der Waals surface area contributed by atoms with Gasteiger partial charge in [-0.1, -0.05) is 18.2 Å². The Kier molecular flexibility index (Phi) is 2.97. The van der Waals surface area contributed by atoms with Gasteiger partial charge in [-0.25, -0.2) is 0 Å². The largest absolute Gasteiger partial charge is 0.496 e. The van der Waals surface area contributed by atoms with E-state index in [1.807, 2.05) is 18.2 Å². The normalized spacial score (nSPS) is 10.2. The zero-order valence-corrected chi connectivity index (χ0v) is 8.60. The van der Waals surface area contributed by atoms with Gasteiger partial charge in [-0.15, -0.1) is 0 Å². The molecule has 1 aromatic carbocycles. The van der Waals surface area contributed by atoms with E-state index in [0.717, 1.165) is 24.3 Å². The Bertz CT molecular complexity index is 412. The summed E-state index contributed by atoms with van der Waals surface area (Å²) >= 11 is 0. The lowest BCUT2D eigenvalue weighted by Crippen LogP contribution is -1.95. The van der Waals surface area contributed by atoms with E-state index in [4.69, 9.17) is 4.74 Å². The van der Waals surface area contributed by atoms with Crippen LogP contribution in [-0.4, -0.2) is 22.5 Å². The van der Waals surface area contributed by atoms with Gasteiger partial charge in [0, 0.05) is 0 Å². The maximum absolute atomic E-state index is 5.27. The molecular weight excluding hydrogens is 190 g/mol. The molecule has 0 aliphatic rings. The topological polar surface area (TPSA) is 50.8 Å². The van der Waals surface area contributed by atoms with E-state index in [0.29, 0.717) is 0 Å². The highest BCUT2D eigenvalue weighted by Crippen LogP contribution is 2.18. The van der Waals surface area contributed by atoms with E-state index >= 15 is 0 Å². The fourth-order valence-corrected chi connectivity index (χ4v) is 1.52. The van der Waals surface area contributed by atoms with Crippen molar-refractivity contribution in [1.82, 2.24) is 15.4 Å². The van der Waals surface area contributed by atoms with Crippen LogP contribution < -0.4 is 4.74 Å². The molecule has 4 heteroatoms. The zero-order valence-electron chi connectivity index (χ0n) is 8.60. The number of methoxy groups -OCH3 is 1. The summed E-state index contributed by atoms with van der Waals surface area (Å²) in [5.74, 6) is 0.931. The molecule has 15 heavy (non-hydrogen) atoms. The standard InChI is InChI=1S/C11H13N3O/c1-15-11-5-3-2-4-9(11)6-7-10-8-12-14-13-10/h2-5,8H,6-7H2,1H3,(H,12,13,14). The van der Waals surface area contributed by atoms with E-state index in [2.05, 4.69) is 21.5 Å². The second kappa shape index (κ2) is 4.59. The number of nitrogens with zero attached hydrogens (tertiary/aromatic N) is 2. The van der Waals surface area contributed by atoms with Crippen molar-refractivity contribution in [3.8, 4) is 5.75 Å². The molecule has 0 unspecified atom stereocenters. The third-order valence-electron chi connectivity index (χ3n) is 2.31. The second-order valence-corrected chi connectivity index (χ2v) is 3.27. The highest BCUT2D eigenvalue weighted by Gasteiger charge is 2.03. The summed E-state index contributed by atoms with van der Waals surface area (Å²) in [7, 11) is 1.69. The SMILES string of the molecule is COc1ccccc1CCc1cn[nH]n1. The number of nitrogens with one attached hydrogen (secondary N) is 1. The zero-order chi connectivity index (χ0) is 10.5. The molecule has 0 fully saturated rings. The molecule has 0 saturated heterocycles. The molecule has 0 spiro atoms. The lowest BCUT2D eigenvalue weighted by molar-refractivity contribution is 0.409. The van der Waals surface area contributed by atoms with Gasteiger partial charge in [0.05, 0.1) is 19.0 Å². The fourth-order valence-electron chi connectivity index (χ4n) is 1.52. The Morgan fingerprint density at radius 2 is 2.13 bits per heavy atom. The first-order valence-electron chi connectivity index (χ1n) is 4.86. The predicted molar refractivity (Wildman–Crippen MR) is 56.8 cm³/mol. The maximum Gasteiger partial charge on any atom is 0.122 e. The molecule has 4 nitrogen and oxygen atoms in total. The van der Waals surface area contributed by atoms with Crippen molar-refractivity contribution in [1.29, 1.82) is 0 Å². The summed E-state index contributed by atoms with van der Waals surface area (Å²) in [6, 6.07) is 8.02. The van der Waals surface area contributed by atoms with E-state index < -0.39 is 0 Å². The van der Waals surface area contributed by atoms with Crippen LogP contribution in [0.1, 0.15) is 11.3 Å². The van der Waals surface area contributed by atoms with Gasteiger partial charge in [-0.05, 0) is 24.5 Å². The minimum absolute atomic E-state index is 0.872. The molecule has 2 rings (SSSR count). The van der Waals surface area contributed by atoms with Crippen molar-refractivity contribution in [2.45, 2.75) is 12.8 Å². The summed E-state index contributed by atoms with van der Waals surface area (Å²) in [5.41, 5.74) is 2.17. The third kappa shape index (κ3) is 2.34. The summed E-state index contributed by atoms with van der Waals surface area (Å²) < 4.78 is 5.27. The average molecular weight is 203 g/mol. The van der Waals surface area contributed by atoms with Crippen molar-refractivity contribution in [3.63, 3.8) is 0 Å². The minimum atomic E-state index is 0.872. The van der Waals surface area contributed by atoms with E-state index in [1.54, 1.807) is 13.3 Å². The van der Waals surface area contributed by atoms with Crippen LogP contribution in [0.4, 0.5) is 0 Å². The molecule has 0 amide bonds. The number of benzene rings is 1. The summed E-state index contributed by atoms with van der Waals surface area (Å²) in [5, 5.41) is 10.4. The predicted octanol–water partition coefficient (Wildman–Crippen LogP) is 1.60. The van der Waals surface area contributed by atoms with Crippen LogP contribution in [-0.2, 0) is 12.8 Å². The van der Waals surface area contributed by atoms with Crippen LogP contribution in [0.2, 0.25) is 0 Å². The third-order valence-corrected chi connectivity index (χ3v) is 2.31. The Morgan fingerprint density at radius 3 is 2.87 bits per heavy atom. The van der Waals surface area contributed by atoms with Crippen LogP contribution in [0.3, 0.4) is 0 Å². The van der Waals surface area contributed by atoms with Gasteiger partial charge in [0.1, 0.15) is 5.75 Å². The first kappa shape index (κ1) is 9.71. The average Bonchev–Trinajstić information content (AvgIpc) is 2.79. The summed E-state index contributed by atoms with van der Waals surface area (Å²) in [6.45, 7) is 0. The molecule has 0 saturated carbocycles.